The zero-order chi connectivity index (χ0) is 21.6. The van der Waals surface area contributed by atoms with Crippen LogP contribution in [0, 0.1) is 15.5 Å². The number of aliphatic imine (C=N–C) groups is 1. The molecule has 13 heteroatoms. The van der Waals surface area contributed by atoms with E-state index in [-0.39, 0.29) is 32.4 Å². The van der Waals surface area contributed by atoms with Gasteiger partial charge in [-0.1, -0.05) is 0 Å². The molecule has 1 N–H and O–H groups in total. The van der Waals surface area contributed by atoms with Crippen LogP contribution in [0.15, 0.2) is 56.5 Å². The molecule has 2 aliphatic rings. The molecule has 3 heterocycles. The minimum atomic E-state index is -3.61. The summed E-state index contributed by atoms with van der Waals surface area (Å²) in [5.41, 5.74) is 0.413. The SMILES string of the molecule is CS(=O)(=O)C1=NN2C(=N)/C(=C\c3ccc(-c4ccc([N+](=O)[O-])cc4)o3)C(=O)N=C2S1. The average Bonchev–Trinajstić information content (AvgIpc) is 3.32. The molecule has 0 spiro atoms. The third kappa shape index (κ3) is 3.55. The lowest BCUT2D eigenvalue weighted by molar-refractivity contribution is -0.384. The van der Waals surface area contributed by atoms with E-state index in [9.17, 15) is 23.3 Å². The van der Waals surface area contributed by atoms with Crippen LogP contribution in [0.25, 0.3) is 17.4 Å². The zero-order valence-corrected chi connectivity index (χ0v) is 16.7. The van der Waals surface area contributed by atoms with Gasteiger partial charge in [0, 0.05) is 24.0 Å². The number of rotatable bonds is 3. The Kier molecular flexibility index (Phi) is 4.63. The van der Waals surface area contributed by atoms with E-state index in [2.05, 4.69) is 10.1 Å². The van der Waals surface area contributed by atoms with Gasteiger partial charge >= 0.3 is 0 Å². The molecule has 11 nitrogen and oxygen atoms in total. The van der Waals surface area contributed by atoms with Crippen molar-refractivity contribution in [3.8, 4) is 11.3 Å². The van der Waals surface area contributed by atoms with E-state index in [1.807, 2.05) is 0 Å². The van der Waals surface area contributed by atoms with E-state index in [1.165, 1.54) is 30.3 Å². The van der Waals surface area contributed by atoms with Gasteiger partial charge in [0.05, 0.1) is 10.5 Å². The lowest BCUT2D eigenvalue weighted by Gasteiger charge is -2.19. The van der Waals surface area contributed by atoms with Crippen molar-refractivity contribution in [3.63, 3.8) is 0 Å². The number of hydrazone groups is 1. The molecule has 0 bridgehead atoms. The van der Waals surface area contributed by atoms with E-state index in [4.69, 9.17) is 9.83 Å². The van der Waals surface area contributed by atoms with Crippen LogP contribution in [0.3, 0.4) is 0 Å². The van der Waals surface area contributed by atoms with Crippen molar-refractivity contribution in [2.45, 2.75) is 0 Å². The van der Waals surface area contributed by atoms with Gasteiger partial charge in [-0.05, 0) is 42.1 Å². The van der Waals surface area contributed by atoms with Crippen molar-refractivity contribution < 1.29 is 22.6 Å². The predicted octanol–water partition coefficient (Wildman–Crippen LogP) is 2.48. The lowest BCUT2D eigenvalue weighted by Crippen LogP contribution is -2.35. The highest BCUT2D eigenvalue weighted by Gasteiger charge is 2.38. The van der Waals surface area contributed by atoms with Gasteiger partial charge in [-0.15, -0.1) is 5.10 Å². The number of furan rings is 1. The standard InChI is InChI=1S/C17H11N5O6S2/c1-30(26,27)17-20-21-14(18)12(15(23)19-16(21)29-17)8-11-6-7-13(28-11)9-2-4-10(5-3-9)22(24)25/h2-8,18H,1H3/b12-8+,18-14?. The highest BCUT2D eigenvalue weighted by atomic mass is 32.3. The number of nitrogens with zero attached hydrogens (tertiary/aromatic N) is 4. The molecule has 1 aromatic carbocycles. The number of nitro benzene ring substituents is 1. The molecular formula is C17H11N5O6S2. The number of nitrogens with one attached hydrogen (secondary N) is 1. The highest BCUT2D eigenvalue weighted by molar-refractivity contribution is 8.42. The van der Waals surface area contributed by atoms with Gasteiger partial charge in [-0.25, -0.2) is 8.42 Å². The first-order valence-corrected chi connectivity index (χ1v) is 10.9. The van der Waals surface area contributed by atoms with Crippen molar-refractivity contribution in [2.75, 3.05) is 6.26 Å². The number of nitro groups is 1. The molecule has 1 aromatic heterocycles. The first-order chi connectivity index (χ1) is 14.1. The Morgan fingerprint density at radius 1 is 1.23 bits per heavy atom. The fourth-order valence-corrected chi connectivity index (χ4v) is 4.28. The zero-order valence-electron chi connectivity index (χ0n) is 15.1. The second-order valence-corrected chi connectivity index (χ2v) is 9.31. The van der Waals surface area contributed by atoms with Gasteiger partial charge in [0.15, 0.2) is 5.84 Å². The van der Waals surface area contributed by atoms with Crippen LogP contribution < -0.4 is 0 Å². The number of non-ortho nitro benzene ring substituents is 1. The Balaban J connectivity index is 1.63. The number of sulfone groups is 1. The monoisotopic (exact) mass is 445 g/mol. The number of hydrogen-bond donors (Lipinski definition) is 1. The van der Waals surface area contributed by atoms with E-state index < -0.39 is 20.7 Å². The summed E-state index contributed by atoms with van der Waals surface area (Å²) in [6, 6.07) is 8.92. The van der Waals surface area contributed by atoms with E-state index in [0.29, 0.717) is 23.1 Å². The second kappa shape index (κ2) is 7.03. The summed E-state index contributed by atoms with van der Waals surface area (Å²) in [7, 11) is -3.61. The quantitative estimate of drug-likeness (QED) is 0.428. The number of carbonyl (C=O) groups is 1. The molecule has 2 aliphatic heterocycles. The third-order valence-corrected chi connectivity index (χ3v) is 6.61. The van der Waals surface area contributed by atoms with Crippen molar-refractivity contribution >= 4 is 54.6 Å². The largest absolute Gasteiger partial charge is 0.457 e. The van der Waals surface area contributed by atoms with Gasteiger partial charge in [-0.3, -0.25) is 20.3 Å². The van der Waals surface area contributed by atoms with E-state index in [0.717, 1.165) is 11.3 Å². The smallest absolute Gasteiger partial charge is 0.283 e. The van der Waals surface area contributed by atoms with Crippen LogP contribution in [-0.4, -0.2) is 45.9 Å². The minimum absolute atomic E-state index is 0.00594. The van der Waals surface area contributed by atoms with Gasteiger partial charge in [-0.2, -0.15) is 10.0 Å². The lowest BCUT2D eigenvalue weighted by atomic mass is 10.1. The van der Waals surface area contributed by atoms with Gasteiger partial charge in [0.1, 0.15) is 11.5 Å². The number of amidine groups is 2. The number of thioether (sulfide) groups is 1. The maximum absolute atomic E-state index is 12.3. The Morgan fingerprint density at radius 3 is 2.57 bits per heavy atom. The molecule has 0 radical (unpaired) electrons. The minimum Gasteiger partial charge on any atom is -0.457 e. The highest BCUT2D eigenvalue weighted by Crippen LogP contribution is 2.31. The molecule has 0 aliphatic carbocycles. The molecule has 0 saturated heterocycles. The summed E-state index contributed by atoms with van der Waals surface area (Å²) in [5.74, 6) is -0.402. The topological polar surface area (TPSA) is 159 Å². The number of benzene rings is 1. The fourth-order valence-electron chi connectivity index (χ4n) is 2.60. The van der Waals surface area contributed by atoms with Crippen molar-refractivity contribution in [2.24, 2.45) is 10.1 Å². The molecule has 0 unspecified atom stereocenters. The molecule has 0 atom stereocenters. The molecule has 0 saturated carbocycles. The summed E-state index contributed by atoms with van der Waals surface area (Å²) in [6.45, 7) is 0. The number of fused-ring (bicyclic) bond motifs is 1. The van der Waals surface area contributed by atoms with Gasteiger partial charge in [0.25, 0.3) is 11.6 Å². The normalized spacial score (nSPS) is 17.8. The second-order valence-electron chi connectivity index (χ2n) is 6.16. The molecule has 30 heavy (non-hydrogen) atoms. The van der Waals surface area contributed by atoms with Crippen molar-refractivity contribution in [3.05, 3.63) is 57.8 Å². The molecule has 152 valence electrons. The van der Waals surface area contributed by atoms with Crippen molar-refractivity contribution in [1.29, 1.82) is 5.41 Å². The molecule has 4 rings (SSSR count). The van der Waals surface area contributed by atoms with Gasteiger partial charge < -0.3 is 4.42 Å². The van der Waals surface area contributed by atoms with Crippen LogP contribution in [0.1, 0.15) is 5.76 Å². The Labute approximate surface area is 173 Å². The van der Waals surface area contributed by atoms with Crippen molar-refractivity contribution in [1.82, 2.24) is 5.01 Å². The Bertz CT molecular complexity index is 1300. The third-order valence-electron chi connectivity index (χ3n) is 4.03. The first kappa shape index (κ1) is 19.7. The van der Waals surface area contributed by atoms with E-state index in [1.54, 1.807) is 12.1 Å². The Hall–Kier alpha value is -3.58. The summed E-state index contributed by atoms with van der Waals surface area (Å²) in [6.07, 6.45) is 2.28. The molecule has 0 fully saturated rings. The van der Waals surface area contributed by atoms with Crippen LogP contribution in [0.4, 0.5) is 5.69 Å². The van der Waals surface area contributed by atoms with E-state index >= 15 is 0 Å². The summed E-state index contributed by atoms with van der Waals surface area (Å²) >= 11 is 0.700. The Morgan fingerprint density at radius 2 is 1.93 bits per heavy atom. The van der Waals surface area contributed by atoms with Crippen LogP contribution in [0.2, 0.25) is 0 Å². The maximum Gasteiger partial charge on any atom is 0.283 e. The number of carbonyl (C=O) groups excluding carboxylic acids is 1. The summed E-state index contributed by atoms with van der Waals surface area (Å²) in [4.78, 5) is 26.4. The number of amides is 1. The number of hydrogen-bond acceptors (Lipinski definition) is 9. The fraction of sp³-hybridized carbons (Fsp3) is 0.0588. The first-order valence-electron chi connectivity index (χ1n) is 8.18. The van der Waals surface area contributed by atoms with Crippen LogP contribution in [-0.2, 0) is 14.6 Å². The van der Waals surface area contributed by atoms with Crippen LogP contribution >= 0.6 is 11.8 Å². The van der Waals surface area contributed by atoms with Crippen LogP contribution in [0.5, 0.6) is 0 Å². The molecule has 2 aromatic rings. The average molecular weight is 445 g/mol. The summed E-state index contributed by atoms with van der Waals surface area (Å²) < 4.78 is 28.8. The summed E-state index contributed by atoms with van der Waals surface area (Å²) in [5, 5.41) is 23.8. The molecular weight excluding hydrogens is 434 g/mol. The molecule has 1 amide bonds. The maximum atomic E-state index is 12.3. The predicted molar refractivity (Wildman–Crippen MR) is 111 cm³/mol. The van der Waals surface area contributed by atoms with Gasteiger partial charge in [0.2, 0.25) is 19.4 Å².